The molecule has 0 spiro atoms. The average Bonchev–Trinajstić information content (AvgIpc) is 2.28. The second kappa shape index (κ2) is 4.04. The molecule has 13 heavy (non-hydrogen) atoms. The molecule has 0 aliphatic carbocycles. The molecule has 0 saturated heterocycles. The number of thiophene rings is 1. The van der Waals surface area contributed by atoms with Gasteiger partial charge in [-0.25, -0.2) is 0 Å². The Morgan fingerprint density at radius 3 is 1.23 bits per heavy atom. The Morgan fingerprint density at radius 1 is 0.769 bits per heavy atom. The van der Waals surface area contributed by atoms with Gasteiger partial charge in [-0.05, 0) is 0 Å². The van der Waals surface area contributed by atoms with E-state index < -0.39 is 36.8 Å². The third-order valence-corrected chi connectivity index (χ3v) is 22.2. The third kappa shape index (κ3) is 3.41. The van der Waals surface area contributed by atoms with E-state index in [2.05, 4.69) is 53.1 Å². The van der Waals surface area contributed by atoms with Gasteiger partial charge in [-0.3, -0.25) is 0 Å². The Bertz CT molecular complexity index is 260. The van der Waals surface area contributed by atoms with Crippen molar-refractivity contribution in [1.82, 2.24) is 0 Å². The minimum absolute atomic E-state index is 1.74. The fraction of sp³-hybridized carbons (Fsp3) is 0.600. The number of hydrogen-bond acceptors (Lipinski definition) is 1. The fourth-order valence-corrected chi connectivity index (χ4v) is 15.2. The summed E-state index contributed by atoms with van der Waals surface area (Å²) in [6.45, 7) is 0. The summed E-state index contributed by atoms with van der Waals surface area (Å²) < 4.78 is 3.49. The van der Waals surface area contributed by atoms with Gasteiger partial charge in [0, 0.05) is 0 Å². The monoisotopic (exact) mass is 412 g/mol. The molecular formula is C10H20SSn2. The van der Waals surface area contributed by atoms with E-state index >= 15 is 0 Å². The molecule has 1 aromatic rings. The topological polar surface area (TPSA) is 0 Å². The van der Waals surface area contributed by atoms with Crippen LogP contribution in [0.1, 0.15) is 0 Å². The molecule has 0 radical (unpaired) electrons. The van der Waals surface area contributed by atoms with Crippen molar-refractivity contribution in [3.63, 3.8) is 0 Å². The zero-order valence-corrected chi connectivity index (χ0v) is 16.1. The van der Waals surface area contributed by atoms with Crippen molar-refractivity contribution in [2.45, 2.75) is 29.6 Å². The number of rotatable bonds is 2. The first-order chi connectivity index (χ1) is 5.71. The van der Waals surface area contributed by atoms with E-state index in [1.54, 1.807) is 5.79 Å². The molecule has 74 valence electrons. The summed E-state index contributed by atoms with van der Waals surface area (Å²) in [6.07, 6.45) is 0. The minimum atomic E-state index is -1.74. The van der Waals surface area contributed by atoms with Crippen molar-refractivity contribution < 1.29 is 0 Å². The molecule has 0 aromatic carbocycles. The van der Waals surface area contributed by atoms with Gasteiger partial charge >= 0.3 is 95.6 Å². The second-order valence-corrected chi connectivity index (χ2v) is 37.6. The van der Waals surface area contributed by atoms with E-state index in [1.807, 2.05) is 0 Å². The molecule has 1 rings (SSSR count). The average molecular weight is 410 g/mol. The van der Waals surface area contributed by atoms with Crippen LogP contribution in [0.5, 0.6) is 0 Å². The summed E-state index contributed by atoms with van der Waals surface area (Å²) in [5.41, 5.74) is 0. The molecule has 0 aliphatic heterocycles. The van der Waals surface area contributed by atoms with Crippen molar-refractivity contribution in [3.05, 3.63) is 12.1 Å². The van der Waals surface area contributed by atoms with Gasteiger partial charge in [0.25, 0.3) is 0 Å². The first-order valence-electron chi connectivity index (χ1n) is 4.82. The van der Waals surface area contributed by atoms with Crippen molar-refractivity contribution in [2.24, 2.45) is 0 Å². The number of hydrogen-bond donors (Lipinski definition) is 0. The van der Waals surface area contributed by atoms with Crippen LogP contribution in [-0.2, 0) is 0 Å². The molecule has 0 unspecified atom stereocenters. The summed E-state index contributed by atoms with van der Waals surface area (Å²) in [4.78, 5) is 15.0. The van der Waals surface area contributed by atoms with Crippen LogP contribution in [0.4, 0.5) is 0 Å². The predicted molar refractivity (Wildman–Crippen MR) is 70.3 cm³/mol. The Labute approximate surface area is 94.5 Å². The van der Waals surface area contributed by atoms with Crippen molar-refractivity contribution in [1.29, 1.82) is 0 Å². The molecule has 0 atom stereocenters. The van der Waals surface area contributed by atoms with Gasteiger partial charge in [0.1, 0.15) is 0 Å². The van der Waals surface area contributed by atoms with E-state index in [0.717, 1.165) is 0 Å². The first kappa shape index (κ1) is 12.4. The maximum atomic E-state index is 2.50. The molecule has 1 heterocycles. The predicted octanol–water partition coefficient (Wildman–Crippen LogP) is 2.84. The van der Waals surface area contributed by atoms with Gasteiger partial charge in [-0.2, -0.15) is 0 Å². The summed E-state index contributed by atoms with van der Waals surface area (Å²) in [6, 6.07) is 4.83. The van der Waals surface area contributed by atoms with Crippen LogP contribution in [0.3, 0.4) is 0 Å². The Kier molecular flexibility index (Phi) is 3.85. The van der Waals surface area contributed by atoms with Crippen LogP contribution < -0.4 is 5.79 Å². The van der Waals surface area contributed by atoms with Crippen LogP contribution in [0.15, 0.2) is 12.1 Å². The second-order valence-electron chi connectivity index (χ2n) is 5.66. The molecule has 0 saturated carbocycles. The summed E-state index contributed by atoms with van der Waals surface area (Å²) >= 11 is -1.35. The van der Waals surface area contributed by atoms with Gasteiger partial charge in [0.15, 0.2) is 0 Å². The molecule has 0 amide bonds. The van der Waals surface area contributed by atoms with E-state index in [9.17, 15) is 0 Å². The standard InChI is InChI=1S/C4H2S.6CH3.2Sn/c1-2-4-5-3-1;;;;;;;;/h1-2H;6*1H3;;. The molecule has 0 N–H and O–H groups in total. The van der Waals surface area contributed by atoms with Crippen molar-refractivity contribution in [3.8, 4) is 0 Å². The van der Waals surface area contributed by atoms with Gasteiger partial charge in [0.05, 0.1) is 0 Å². The van der Waals surface area contributed by atoms with Gasteiger partial charge < -0.3 is 0 Å². The SMILES string of the molecule is [CH3][Sn]([CH3])([CH3])[c]1cc[c]([Sn]([CH3])([CH3])[CH3])s1. The van der Waals surface area contributed by atoms with E-state index in [4.69, 9.17) is 0 Å². The van der Waals surface area contributed by atoms with Gasteiger partial charge in [-0.1, -0.05) is 0 Å². The van der Waals surface area contributed by atoms with Crippen LogP contribution in [0.25, 0.3) is 0 Å². The molecule has 0 bridgehead atoms. The molecular weight excluding hydrogens is 390 g/mol. The van der Waals surface area contributed by atoms with Crippen LogP contribution in [0.2, 0.25) is 29.6 Å². The molecule has 1 aromatic heterocycles. The molecule has 0 nitrogen and oxygen atoms in total. The summed E-state index contributed by atoms with van der Waals surface area (Å²) in [7, 11) is 0. The summed E-state index contributed by atoms with van der Waals surface area (Å²) in [5, 5.41) is 0. The first-order valence-corrected chi connectivity index (χ1v) is 25.6. The van der Waals surface area contributed by atoms with E-state index in [0.29, 0.717) is 0 Å². The molecule has 0 fully saturated rings. The third-order valence-electron chi connectivity index (χ3n) is 2.08. The van der Waals surface area contributed by atoms with Crippen LogP contribution in [-0.4, -0.2) is 36.8 Å². The van der Waals surface area contributed by atoms with Crippen molar-refractivity contribution in [2.75, 3.05) is 0 Å². The van der Waals surface area contributed by atoms with Gasteiger partial charge in [-0.15, -0.1) is 0 Å². The zero-order chi connectivity index (χ0) is 10.3. The maximum absolute atomic E-state index is 2.50. The Hall–Kier alpha value is 1.30. The molecule has 0 aliphatic rings. The zero-order valence-electron chi connectivity index (χ0n) is 9.56. The van der Waals surface area contributed by atoms with Crippen LogP contribution >= 0.6 is 11.3 Å². The van der Waals surface area contributed by atoms with E-state index in [-0.39, 0.29) is 0 Å². The molecule has 3 heteroatoms. The van der Waals surface area contributed by atoms with Crippen molar-refractivity contribution >= 4 is 53.9 Å². The van der Waals surface area contributed by atoms with Gasteiger partial charge in [0.2, 0.25) is 0 Å². The van der Waals surface area contributed by atoms with Crippen LogP contribution in [0, 0.1) is 0 Å². The quantitative estimate of drug-likeness (QED) is 0.659. The van der Waals surface area contributed by atoms with E-state index in [1.165, 1.54) is 0 Å². The normalized spacial score (nSPS) is 13.4. The Balaban J connectivity index is 3.01. The summed E-state index contributed by atoms with van der Waals surface area (Å²) in [5.74, 6) is 0. The Morgan fingerprint density at radius 2 is 1.08 bits per heavy atom. The fourth-order valence-electron chi connectivity index (χ4n) is 1.14.